The number of halogens is 1. The van der Waals surface area contributed by atoms with Crippen LogP contribution >= 0.6 is 15.9 Å². The van der Waals surface area contributed by atoms with Gasteiger partial charge in [0.25, 0.3) is 0 Å². The molecule has 4 heteroatoms. The summed E-state index contributed by atoms with van der Waals surface area (Å²) in [5.74, 6) is 0.727. The number of aryl methyl sites for hydroxylation is 3. The highest BCUT2D eigenvalue weighted by molar-refractivity contribution is 9.10. The lowest BCUT2D eigenvalue weighted by Crippen LogP contribution is -1.91. The summed E-state index contributed by atoms with van der Waals surface area (Å²) < 4.78 is 6.66. The van der Waals surface area contributed by atoms with Gasteiger partial charge in [0, 0.05) is 10.9 Å². The van der Waals surface area contributed by atoms with Crippen molar-refractivity contribution in [2.24, 2.45) is 0 Å². The molecule has 102 valence electrons. The van der Waals surface area contributed by atoms with Crippen molar-refractivity contribution in [1.29, 1.82) is 0 Å². The third-order valence-corrected chi connectivity index (χ3v) is 3.73. The molecule has 1 aromatic heterocycles. The van der Waals surface area contributed by atoms with Gasteiger partial charge in [0.2, 0.25) is 0 Å². The van der Waals surface area contributed by atoms with Crippen LogP contribution in [0, 0.1) is 6.92 Å². The van der Waals surface area contributed by atoms with E-state index in [9.17, 15) is 0 Å². The van der Waals surface area contributed by atoms with Crippen LogP contribution in [-0.2, 0) is 12.8 Å². The highest BCUT2D eigenvalue weighted by Gasteiger charge is 2.09. The van der Waals surface area contributed by atoms with Crippen molar-refractivity contribution in [2.75, 3.05) is 5.73 Å². The number of nitrogen functional groups attached to an aromatic ring is 1. The van der Waals surface area contributed by atoms with Crippen LogP contribution in [0.25, 0.3) is 11.1 Å². The van der Waals surface area contributed by atoms with E-state index in [0.29, 0.717) is 11.3 Å². The van der Waals surface area contributed by atoms with Crippen molar-refractivity contribution >= 4 is 32.7 Å². The third-order valence-electron chi connectivity index (χ3n) is 3.28. The Hall–Kier alpha value is -1.81. The van der Waals surface area contributed by atoms with Gasteiger partial charge in [0.05, 0.1) is 5.69 Å². The minimum atomic E-state index is 0.614. The molecule has 3 nitrogen and oxygen atoms in total. The van der Waals surface area contributed by atoms with Crippen molar-refractivity contribution in [3.8, 4) is 0 Å². The lowest BCUT2D eigenvalue weighted by molar-refractivity contribution is 0.529. The Morgan fingerprint density at radius 1 is 1.15 bits per heavy atom. The summed E-state index contributed by atoms with van der Waals surface area (Å²) in [5, 5.41) is 0. The van der Waals surface area contributed by atoms with E-state index in [1.54, 1.807) is 0 Å². The number of hydrogen-bond acceptors (Lipinski definition) is 3. The van der Waals surface area contributed by atoms with Gasteiger partial charge in [-0.15, -0.1) is 0 Å². The van der Waals surface area contributed by atoms with Gasteiger partial charge in [-0.05, 0) is 31.0 Å². The molecule has 0 aliphatic heterocycles. The highest BCUT2D eigenvalue weighted by atomic mass is 79.9. The molecular formula is C16H15BrN2O. The third kappa shape index (κ3) is 2.70. The zero-order valence-corrected chi connectivity index (χ0v) is 12.8. The number of aromatic nitrogens is 1. The highest BCUT2D eigenvalue weighted by Crippen LogP contribution is 2.27. The maximum atomic E-state index is 5.93. The molecule has 0 amide bonds. The summed E-state index contributed by atoms with van der Waals surface area (Å²) in [6.07, 6.45) is 1.68. The van der Waals surface area contributed by atoms with Gasteiger partial charge in [-0.3, -0.25) is 0 Å². The molecule has 2 aromatic carbocycles. The normalized spacial score (nSPS) is 11.1. The van der Waals surface area contributed by atoms with Crippen LogP contribution in [0.15, 0.2) is 45.3 Å². The molecule has 20 heavy (non-hydrogen) atoms. The summed E-state index contributed by atoms with van der Waals surface area (Å²) >= 11 is 3.41. The van der Waals surface area contributed by atoms with Crippen LogP contribution in [0.1, 0.15) is 17.0 Å². The molecule has 0 fully saturated rings. The molecule has 0 saturated heterocycles. The van der Waals surface area contributed by atoms with Crippen LogP contribution in [-0.4, -0.2) is 4.98 Å². The van der Waals surface area contributed by atoms with E-state index >= 15 is 0 Å². The zero-order chi connectivity index (χ0) is 14.1. The fraction of sp³-hybridized carbons (Fsp3) is 0.188. The second-order valence-electron chi connectivity index (χ2n) is 4.94. The van der Waals surface area contributed by atoms with E-state index in [0.717, 1.165) is 28.7 Å². The Morgan fingerprint density at radius 2 is 1.90 bits per heavy atom. The largest absolute Gasteiger partial charge is 0.439 e. The molecule has 1 heterocycles. The van der Waals surface area contributed by atoms with Gasteiger partial charge in [-0.2, -0.15) is 0 Å². The summed E-state index contributed by atoms with van der Waals surface area (Å²) in [4.78, 5) is 4.49. The standard InChI is InChI=1S/C16H15BrN2O/c1-10-2-4-11(5-3-10)6-7-15-19-14-9-12(17)8-13(18)16(14)20-15/h2-5,8-9H,6-7,18H2,1H3. The van der Waals surface area contributed by atoms with Gasteiger partial charge in [0.1, 0.15) is 5.52 Å². The van der Waals surface area contributed by atoms with Crippen LogP contribution in [0.4, 0.5) is 5.69 Å². The Bertz CT molecular complexity index is 747. The summed E-state index contributed by atoms with van der Waals surface area (Å²) in [7, 11) is 0. The van der Waals surface area contributed by atoms with Gasteiger partial charge in [-0.1, -0.05) is 45.8 Å². The summed E-state index contributed by atoms with van der Waals surface area (Å²) in [6.45, 7) is 2.09. The van der Waals surface area contributed by atoms with Crippen LogP contribution in [0.2, 0.25) is 0 Å². The molecule has 0 spiro atoms. The quantitative estimate of drug-likeness (QED) is 0.730. The van der Waals surface area contributed by atoms with Crippen molar-refractivity contribution in [1.82, 2.24) is 4.98 Å². The van der Waals surface area contributed by atoms with Crippen molar-refractivity contribution in [3.63, 3.8) is 0 Å². The minimum absolute atomic E-state index is 0.614. The number of oxazole rings is 1. The first-order valence-corrected chi connectivity index (χ1v) is 7.31. The molecule has 0 radical (unpaired) electrons. The minimum Gasteiger partial charge on any atom is -0.439 e. The average Bonchev–Trinajstić information content (AvgIpc) is 2.81. The molecule has 0 unspecified atom stereocenters. The summed E-state index contributed by atoms with van der Waals surface area (Å²) in [5.41, 5.74) is 10.6. The lowest BCUT2D eigenvalue weighted by Gasteiger charge is -1.99. The van der Waals surface area contributed by atoms with E-state index in [1.807, 2.05) is 12.1 Å². The number of nitrogens with zero attached hydrogens (tertiary/aromatic N) is 1. The Morgan fingerprint density at radius 3 is 2.65 bits per heavy atom. The smallest absolute Gasteiger partial charge is 0.195 e. The summed E-state index contributed by atoms with van der Waals surface area (Å²) in [6, 6.07) is 12.3. The van der Waals surface area contributed by atoms with E-state index < -0.39 is 0 Å². The van der Waals surface area contributed by atoms with Crippen molar-refractivity contribution < 1.29 is 4.42 Å². The first kappa shape index (κ1) is 13.2. The van der Waals surface area contributed by atoms with E-state index in [1.165, 1.54) is 11.1 Å². The van der Waals surface area contributed by atoms with E-state index in [-0.39, 0.29) is 0 Å². The molecule has 0 aliphatic carbocycles. The number of rotatable bonds is 3. The number of nitrogens with two attached hydrogens (primary N) is 1. The maximum Gasteiger partial charge on any atom is 0.195 e. The predicted octanol–water partition coefficient (Wildman–Crippen LogP) is 4.27. The second kappa shape index (κ2) is 5.29. The van der Waals surface area contributed by atoms with Gasteiger partial charge in [0.15, 0.2) is 11.5 Å². The molecule has 2 N–H and O–H groups in total. The average molecular weight is 331 g/mol. The molecule has 0 atom stereocenters. The monoisotopic (exact) mass is 330 g/mol. The van der Waals surface area contributed by atoms with Crippen LogP contribution in [0.3, 0.4) is 0 Å². The van der Waals surface area contributed by atoms with Gasteiger partial charge < -0.3 is 10.2 Å². The first-order valence-electron chi connectivity index (χ1n) is 6.52. The van der Waals surface area contributed by atoms with Crippen LogP contribution in [0.5, 0.6) is 0 Å². The van der Waals surface area contributed by atoms with Gasteiger partial charge in [-0.25, -0.2) is 4.98 Å². The Labute approximate surface area is 125 Å². The van der Waals surface area contributed by atoms with Crippen molar-refractivity contribution in [3.05, 3.63) is 57.9 Å². The number of hydrogen-bond donors (Lipinski definition) is 1. The Balaban J connectivity index is 1.81. The second-order valence-corrected chi connectivity index (χ2v) is 5.85. The maximum absolute atomic E-state index is 5.93. The molecule has 3 aromatic rings. The first-order chi connectivity index (χ1) is 9.61. The molecule has 0 aliphatic rings. The van der Waals surface area contributed by atoms with E-state index in [4.69, 9.17) is 10.2 Å². The van der Waals surface area contributed by atoms with Crippen LogP contribution < -0.4 is 5.73 Å². The molecular weight excluding hydrogens is 316 g/mol. The predicted molar refractivity (Wildman–Crippen MR) is 84.7 cm³/mol. The number of benzene rings is 2. The van der Waals surface area contributed by atoms with Gasteiger partial charge >= 0.3 is 0 Å². The topological polar surface area (TPSA) is 52.0 Å². The SMILES string of the molecule is Cc1ccc(CCc2nc3cc(Br)cc(N)c3o2)cc1. The fourth-order valence-electron chi connectivity index (χ4n) is 2.18. The van der Waals surface area contributed by atoms with Crippen molar-refractivity contribution in [2.45, 2.75) is 19.8 Å². The zero-order valence-electron chi connectivity index (χ0n) is 11.2. The molecule has 0 bridgehead atoms. The fourth-order valence-corrected chi connectivity index (χ4v) is 2.65. The van der Waals surface area contributed by atoms with E-state index in [2.05, 4.69) is 52.1 Å². The number of fused-ring (bicyclic) bond motifs is 1. The number of anilines is 1. The lowest BCUT2D eigenvalue weighted by atomic mass is 10.1. The molecule has 3 rings (SSSR count). The Kier molecular flexibility index (Phi) is 3.49. The molecule has 0 saturated carbocycles.